The second-order valence-electron chi connectivity index (χ2n) is 5.90. The summed E-state index contributed by atoms with van der Waals surface area (Å²) in [7, 11) is 0. The van der Waals surface area contributed by atoms with Gasteiger partial charge >= 0.3 is 0 Å². The first-order valence-corrected chi connectivity index (χ1v) is 8.83. The molecule has 2 aromatic carbocycles. The van der Waals surface area contributed by atoms with Crippen LogP contribution in [0.1, 0.15) is 30.0 Å². The second-order valence-corrected chi connectivity index (χ2v) is 6.31. The van der Waals surface area contributed by atoms with Gasteiger partial charge in [-0.15, -0.1) is 0 Å². The van der Waals surface area contributed by atoms with Gasteiger partial charge in [0.15, 0.2) is 5.11 Å². The Bertz CT molecular complexity index is 665. The zero-order chi connectivity index (χ0) is 17.4. The van der Waals surface area contributed by atoms with Gasteiger partial charge in [-0.05, 0) is 80.7 Å². The van der Waals surface area contributed by atoms with Gasteiger partial charge in [-0.3, -0.25) is 0 Å². The molecule has 0 radical (unpaired) electrons. The number of benzene rings is 2. The molecule has 4 heteroatoms. The molecule has 0 aliphatic rings. The van der Waals surface area contributed by atoms with Crippen LogP contribution in [0.5, 0.6) is 5.75 Å². The van der Waals surface area contributed by atoms with Crippen LogP contribution in [-0.4, -0.2) is 18.3 Å². The summed E-state index contributed by atoms with van der Waals surface area (Å²) in [6.45, 7) is 7.71. The van der Waals surface area contributed by atoms with Crippen LogP contribution in [0.4, 0.5) is 5.69 Å². The molecule has 2 N–H and O–H groups in total. The summed E-state index contributed by atoms with van der Waals surface area (Å²) in [5.74, 6) is 0.982. The van der Waals surface area contributed by atoms with Crippen LogP contribution >= 0.6 is 12.2 Å². The SMILES string of the molecule is CCOc1ccccc1CCCNC(=S)Nc1cc(C)cc(C)c1. The van der Waals surface area contributed by atoms with E-state index >= 15 is 0 Å². The maximum atomic E-state index is 5.66. The van der Waals surface area contributed by atoms with Crippen molar-refractivity contribution in [3.8, 4) is 5.75 Å². The molecule has 0 saturated carbocycles. The maximum Gasteiger partial charge on any atom is 0.170 e. The lowest BCUT2D eigenvalue weighted by Crippen LogP contribution is -2.29. The number of thiocarbonyl (C=S) groups is 1. The van der Waals surface area contributed by atoms with Gasteiger partial charge in [0.05, 0.1) is 6.61 Å². The monoisotopic (exact) mass is 342 g/mol. The van der Waals surface area contributed by atoms with Crippen LogP contribution in [0.25, 0.3) is 0 Å². The lowest BCUT2D eigenvalue weighted by atomic mass is 10.1. The van der Waals surface area contributed by atoms with E-state index in [1.54, 1.807) is 0 Å². The fourth-order valence-electron chi connectivity index (χ4n) is 2.71. The molecule has 0 atom stereocenters. The van der Waals surface area contributed by atoms with E-state index in [1.807, 2.05) is 19.1 Å². The van der Waals surface area contributed by atoms with Gasteiger partial charge in [-0.1, -0.05) is 24.3 Å². The van der Waals surface area contributed by atoms with Crippen molar-refractivity contribution in [2.24, 2.45) is 0 Å². The highest BCUT2D eigenvalue weighted by molar-refractivity contribution is 7.80. The highest BCUT2D eigenvalue weighted by atomic mass is 32.1. The average molecular weight is 343 g/mol. The largest absolute Gasteiger partial charge is 0.494 e. The van der Waals surface area contributed by atoms with Crippen molar-refractivity contribution in [2.75, 3.05) is 18.5 Å². The van der Waals surface area contributed by atoms with E-state index in [0.29, 0.717) is 11.7 Å². The van der Waals surface area contributed by atoms with Crippen molar-refractivity contribution in [1.29, 1.82) is 0 Å². The third-order valence-corrected chi connectivity index (χ3v) is 3.91. The third kappa shape index (κ3) is 5.85. The number of hydrogen-bond acceptors (Lipinski definition) is 2. The normalized spacial score (nSPS) is 10.3. The Labute approximate surface area is 150 Å². The summed E-state index contributed by atoms with van der Waals surface area (Å²) in [4.78, 5) is 0. The summed E-state index contributed by atoms with van der Waals surface area (Å²) >= 11 is 5.37. The number of ether oxygens (including phenoxy) is 1. The maximum absolute atomic E-state index is 5.66. The highest BCUT2D eigenvalue weighted by Gasteiger charge is 2.03. The van der Waals surface area contributed by atoms with Gasteiger partial charge in [0.1, 0.15) is 5.75 Å². The predicted octanol–water partition coefficient (Wildman–Crippen LogP) is 4.62. The van der Waals surface area contributed by atoms with Crippen LogP contribution < -0.4 is 15.4 Å². The summed E-state index contributed by atoms with van der Waals surface area (Å²) < 4.78 is 5.66. The van der Waals surface area contributed by atoms with E-state index in [1.165, 1.54) is 16.7 Å². The van der Waals surface area contributed by atoms with Gasteiger partial charge in [-0.25, -0.2) is 0 Å². The minimum Gasteiger partial charge on any atom is -0.494 e. The molecule has 0 unspecified atom stereocenters. The van der Waals surface area contributed by atoms with Crippen LogP contribution in [0.15, 0.2) is 42.5 Å². The number of para-hydroxylation sites is 1. The Morgan fingerprint density at radius 3 is 2.50 bits per heavy atom. The molecule has 0 aromatic heterocycles. The molecule has 0 fully saturated rings. The van der Waals surface area contributed by atoms with Crippen LogP contribution in [0.2, 0.25) is 0 Å². The van der Waals surface area contributed by atoms with Crippen molar-refractivity contribution >= 4 is 23.0 Å². The standard InChI is InChI=1S/C20H26N2OS/c1-4-23-19-10-6-5-8-17(19)9-7-11-21-20(24)22-18-13-15(2)12-16(3)14-18/h5-6,8,10,12-14H,4,7,9,11H2,1-3H3,(H2,21,22,24). The van der Waals surface area contributed by atoms with Gasteiger partial charge in [0.25, 0.3) is 0 Å². The number of hydrogen-bond donors (Lipinski definition) is 2. The Balaban J connectivity index is 1.77. The van der Waals surface area contributed by atoms with E-state index in [2.05, 4.69) is 54.8 Å². The molecule has 0 aliphatic heterocycles. The Hall–Kier alpha value is -2.07. The van der Waals surface area contributed by atoms with Gasteiger partial charge in [0.2, 0.25) is 0 Å². The molecule has 24 heavy (non-hydrogen) atoms. The number of nitrogens with one attached hydrogen (secondary N) is 2. The summed E-state index contributed by atoms with van der Waals surface area (Å²) in [6.07, 6.45) is 1.97. The molecule has 0 bridgehead atoms. The highest BCUT2D eigenvalue weighted by Crippen LogP contribution is 2.19. The van der Waals surface area contributed by atoms with Gasteiger partial charge in [0, 0.05) is 12.2 Å². The molecule has 2 rings (SSSR count). The van der Waals surface area contributed by atoms with Crippen LogP contribution in [-0.2, 0) is 6.42 Å². The topological polar surface area (TPSA) is 33.3 Å². The third-order valence-electron chi connectivity index (χ3n) is 3.66. The quantitative estimate of drug-likeness (QED) is 0.568. The molecule has 0 amide bonds. The lowest BCUT2D eigenvalue weighted by molar-refractivity contribution is 0.336. The van der Waals surface area contributed by atoms with Crippen molar-refractivity contribution < 1.29 is 4.74 Å². The first kappa shape index (κ1) is 18.3. The van der Waals surface area contributed by atoms with Crippen molar-refractivity contribution in [3.63, 3.8) is 0 Å². The Morgan fingerprint density at radius 2 is 1.79 bits per heavy atom. The summed E-state index contributed by atoms with van der Waals surface area (Å²) in [5.41, 5.74) is 4.74. The minimum atomic E-state index is 0.665. The Kier molecular flexibility index (Phi) is 7.07. The summed E-state index contributed by atoms with van der Waals surface area (Å²) in [5, 5.41) is 7.19. The molecule has 0 spiro atoms. The number of anilines is 1. The van der Waals surface area contributed by atoms with Gasteiger partial charge < -0.3 is 15.4 Å². The van der Waals surface area contributed by atoms with E-state index in [-0.39, 0.29) is 0 Å². The molecule has 3 nitrogen and oxygen atoms in total. The fraction of sp³-hybridized carbons (Fsp3) is 0.350. The van der Waals surface area contributed by atoms with Crippen LogP contribution in [0, 0.1) is 13.8 Å². The molecular formula is C20H26N2OS. The minimum absolute atomic E-state index is 0.665. The first-order chi connectivity index (χ1) is 11.6. The van der Waals surface area contributed by atoms with Crippen molar-refractivity contribution in [1.82, 2.24) is 5.32 Å². The molecule has 128 valence electrons. The van der Waals surface area contributed by atoms with Crippen molar-refractivity contribution in [2.45, 2.75) is 33.6 Å². The van der Waals surface area contributed by atoms with E-state index in [9.17, 15) is 0 Å². The number of aryl methyl sites for hydroxylation is 3. The smallest absolute Gasteiger partial charge is 0.170 e. The molecule has 2 aromatic rings. The Morgan fingerprint density at radius 1 is 1.08 bits per heavy atom. The summed E-state index contributed by atoms with van der Waals surface area (Å²) in [6, 6.07) is 14.6. The molecule has 0 aliphatic carbocycles. The molecule has 0 heterocycles. The lowest BCUT2D eigenvalue weighted by Gasteiger charge is -2.13. The van der Waals surface area contributed by atoms with E-state index in [0.717, 1.165) is 30.8 Å². The first-order valence-electron chi connectivity index (χ1n) is 8.42. The average Bonchev–Trinajstić information content (AvgIpc) is 2.52. The van der Waals surface area contributed by atoms with Gasteiger partial charge in [-0.2, -0.15) is 0 Å². The second kappa shape index (κ2) is 9.28. The molecule has 0 saturated heterocycles. The van der Waals surface area contributed by atoms with Crippen LogP contribution in [0.3, 0.4) is 0 Å². The zero-order valence-corrected chi connectivity index (χ0v) is 15.5. The van der Waals surface area contributed by atoms with E-state index in [4.69, 9.17) is 17.0 Å². The fourth-order valence-corrected chi connectivity index (χ4v) is 2.93. The number of rotatable bonds is 7. The molecular weight excluding hydrogens is 316 g/mol. The zero-order valence-electron chi connectivity index (χ0n) is 14.7. The van der Waals surface area contributed by atoms with E-state index < -0.39 is 0 Å². The predicted molar refractivity (Wildman–Crippen MR) is 106 cm³/mol. The van der Waals surface area contributed by atoms with Crippen molar-refractivity contribution in [3.05, 3.63) is 59.2 Å².